The smallest absolute Gasteiger partial charge is 0.254 e. The van der Waals surface area contributed by atoms with Crippen LogP contribution in [-0.2, 0) is 4.74 Å². The van der Waals surface area contributed by atoms with Gasteiger partial charge in [-0.2, -0.15) is 5.26 Å². The van der Waals surface area contributed by atoms with E-state index in [2.05, 4.69) is 0 Å². The molecule has 1 saturated heterocycles. The van der Waals surface area contributed by atoms with Gasteiger partial charge in [0.1, 0.15) is 0 Å². The second-order valence-corrected chi connectivity index (χ2v) is 4.96. The molecule has 106 valence electrons. The van der Waals surface area contributed by atoms with E-state index >= 15 is 0 Å². The van der Waals surface area contributed by atoms with Crippen LogP contribution in [0.2, 0.25) is 0 Å². The minimum Gasteiger partial charge on any atom is -0.381 e. The van der Waals surface area contributed by atoms with Crippen LogP contribution >= 0.6 is 0 Å². The molecule has 2 unspecified atom stereocenters. The molecule has 1 amide bonds. The summed E-state index contributed by atoms with van der Waals surface area (Å²) >= 11 is 0. The fraction of sp³-hybridized carbons (Fsp3) is 0.467. The van der Waals surface area contributed by atoms with Crippen molar-refractivity contribution >= 4 is 5.91 Å². The molecule has 1 fully saturated rings. The van der Waals surface area contributed by atoms with E-state index in [1.165, 1.54) is 0 Å². The number of likely N-dealkylation sites (tertiary alicyclic amines) is 1. The molecular weight excluding hydrogens is 254 g/mol. The SMILES string of the molecule is COC1CCN(C(=O)c2ccc(C#N)cc2)C(CN)C1. The molecule has 0 aliphatic carbocycles. The highest BCUT2D eigenvalue weighted by molar-refractivity contribution is 5.94. The number of nitriles is 1. The van der Waals surface area contributed by atoms with Gasteiger partial charge in [-0.05, 0) is 37.1 Å². The van der Waals surface area contributed by atoms with Crippen LogP contribution in [0.4, 0.5) is 0 Å². The summed E-state index contributed by atoms with van der Waals surface area (Å²) in [4.78, 5) is 14.3. The summed E-state index contributed by atoms with van der Waals surface area (Å²) in [5.74, 6) is -0.0282. The lowest BCUT2D eigenvalue weighted by molar-refractivity contribution is 0.0139. The van der Waals surface area contributed by atoms with Crippen molar-refractivity contribution in [3.8, 4) is 6.07 Å². The Bertz CT molecular complexity index is 507. The third-order valence-electron chi connectivity index (χ3n) is 3.79. The first kappa shape index (κ1) is 14.5. The predicted molar refractivity (Wildman–Crippen MR) is 75.1 cm³/mol. The molecule has 0 aromatic heterocycles. The maximum Gasteiger partial charge on any atom is 0.254 e. The Morgan fingerprint density at radius 3 is 2.75 bits per heavy atom. The third kappa shape index (κ3) is 2.98. The number of piperidine rings is 1. The van der Waals surface area contributed by atoms with Gasteiger partial charge in [0.15, 0.2) is 0 Å². The van der Waals surface area contributed by atoms with Crippen molar-refractivity contribution in [2.75, 3.05) is 20.2 Å². The first-order valence-electron chi connectivity index (χ1n) is 6.73. The summed E-state index contributed by atoms with van der Waals surface area (Å²) in [6.07, 6.45) is 1.78. The molecule has 5 heteroatoms. The largest absolute Gasteiger partial charge is 0.381 e. The summed E-state index contributed by atoms with van der Waals surface area (Å²) in [7, 11) is 1.69. The van der Waals surface area contributed by atoms with Crippen LogP contribution in [0.3, 0.4) is 0 Å². The highest BCUT2D eigenvalue weighted by Gasteiger charge is 2.31. The number of nitrogens with zero attached hydrogens (tertiary/aromatic N) is 2. The van der Waals surface area contributed by atoms with Crippen LogP contribution in [0.5, 0.6) is 0 Å². The fourth-order valence-electron chi connectivity index (χ4n) is 2.57. The molecule has 20 heavy (non-hydrogen) atoms. The van der Waals surface area contributed by atoms with Crippen molar-refractivity contribution in [1.29, 1.82) is 5.26 Å². The van der Waals surface area contributed by atoms with Gasteiger partial charge in [0, 0.05) is 31.8 Å². The van der Waals surface area contributed by atoms with Gasteiger partial charge < -0.3 is 15.4 Å². The van der Waals surface area contributed by atoms with Crippen molar-refractivity contribution < 1.29 is 9.53 Å². The third-order valence-corrected chi connectivity index (χ3v) is 3.79. The number of ether oxygens (including phenoxy) is 1. The van der Waals surface area contributed by atoms with Gasteiger partial charge in [0.05, 0.1) is 17.7 Å². The molecule has 0 bridgehead atoms. The van der Waals surface area contributed by atoms with Crippen molar-refractivity contribution in [3.63, 3.8) is 0 Å². The Labute approximate surface area is 118 Å². The number of hydrogen-bond acceptors (Lipinski definition) is 4. The van der Waals surface area contributed by atoms with Crippen LogP contribution in [0.15, 0.2) is 24.3 Å². The number of rotatable bonds is 3. The Balaban J connectivity index is 2.13. The number of carbonyl (C=O) groups is 1. The summed E-state index contributed by atoms with van der Waals surface area (Å²) < 4.78 is 5.36. The quantitative estimate of drug-likeness (QED) is 0.895. The van der Waals surface area contributed by atoms with Crippen molar-refractivity contribution in [2.45, 2.75) is 25.0 Å². The molecule has 2 atom stereocenters. The Morgan fingerprint density at radius 2 is 2.20 bits per heavy atom. The fourth-order valence-corrected chi connectivity index (χ4v) is 2.57. The highest BCUT2D eigenvalue weighted by Crippen LogP contribution is 2.21. The normalized spacial score (nSPS) is 22.4. The van der Waals surface area contributed by atoms with E-state index in [1.807, 2.05) is 11.0 Å². The minimum absolute atomic E-state index is 0.0110. The second-order valence-electron chi connectivity index (χ2n) is 4.96. The lowest BCUT2D eigenvalue weighted by Gasteiger charge is -2.38. The molecule has 1 heterocycles. The van der Waals surface area contributed by atoms with Gasteiger partial charge in [0.25, 0.3) is 5.91 Å². The molecule has 0 saturated carbocycles. The summed E-state index contributed by atoms with van der Waals surface area (Å²) in [5.41, 5.74) is 6.93. The monoisotopic (exact) mass is 273 g/mol. The number of amides is 1. The van der Waals surface area contributed by atoms with Crippen molar-refractivity contribution in [2.24, 2.45) is 5.73 Å². The summed E-state index contributed by atoms with van der Waals surface area (Å²) in [6, 6.07) is 8.76. The molecule has 0 radical (unpaired) electrons. The average molecular weight is 273 g/mol. The number of methoxy groups -OCH3 is 1. The first-order chi connectivity index (χ1) is 9.69. The van der Waals surface area contributed by atoms with Crippen LogP contribution in [0.1, 0.15) is 28.8 Å². The molecule has 5 nitrogen and oxygen atoms in total. The lowest BCUT2D eigenvalue weighted by atomic mass is 9.98. The van der Waals surface area contributed by atoms with Crippen LogP contribution < -0.4 is 5.73 Å². The van der Waals surface area contributed by atoms with Crippen LogP contribution in [0.25, 0.3) is 0 Å². The molecule has 0 spiro atoms. The molecule has 1 aromatic carbocycles. The van der Waals surface area contributed by atoms with Crippen molar-refractivity contribution in [3.05, 3.63) is 35.4 Å². The number of nitrogens with two attached hydrogens (primary N) is 1. The molecule has 2 rings (SSSR count). The molecule has 2 N–H and O–H groups in total. The first-order valence-corrected chi connectivity index (χ1v) is 6.73. The second kappa shape index (κ2) is 6.51. The van der Waals surface area contributed by atoms with Gasteiger partial charge >= 0.3 is 0 Å². The highest BCUT2D eigenvalue weighted by atomic mass is 16.5. The Morgan fingerprint density at radius 1 is 1.50 bits per heavy atom. The summed E-state index contributed by atoms with van der Waals surface area (Å²) in [6.45, 7) is 1.08. The molecule has 1 aliphatic rings. The lowest BCUT2D eigenvalue weighted by Crippen LogP contribution is -2.51. The van der Waals surface area contributed by atoms with Gasteiger partial charge in [-0.25, -0.2) is 0 Å². The molecule has 1 aliphatic heterocycles. The van der Waals surface area contributed by atoms with E-state index in [-0.39, 0.29) is 18.1 Å². The molecule has 1 aromatic rings. The maximum atomic E-state index is 12.5. The zero-order valence-corrected chi connectivity index (χ0v) is 11.6. The van der Waals surface area contributed by atoms with Gasteiger partial charge in [-0.3, -0.25) is 4.79 Å². The van der Waals surface area contributed by atoms with E-state index in [1.54, 1.807) is 31.4 Å². The predicted octanol–water partition coefficient (Wildman–Crippen LogP) is 1.14. The van der Waals surface area contributed by atoms with Gasteiger partial charge in [-0.1, -0.05) is 0 Å². The van der Waals surface area contributed by atoms with E-state index in [0.717, 1.165) is 12.8 Å². The van der Waals surface area contributed by atoms with E-state index in [0.29, 0.717) is 24.2 Å². The number of hydrogen-bond donors (Lipinski definition) is 1. The Kier molecular flexibility index (Phi) is 4.72. The Hall–Kier alpha value is -1.90. The van der Waals surface area contributed by atoms with E-state index in [4.69, 9.17) is 15.7 Å². The number of benzene rings is 1. The van der Waals surface area contributed by atoms with E-state index < -0.39 is 0 Å². The van der Waals surface area contributed by atoms with Crippen molar-refractivity contribution in [1.82, 2.24) is 4.90 Å². The minimum atomic E-state index is -0.0282. The zero-order valence-electron chi connectivity index (χ0n) is 11.6. The van der Waals surface area contributed by atoms with Gasteiger partial charge in [-0.15, -0.1) is 0 Å². The number of carbonyl (C=O) groups excluding carboxylic acids is 1. The zero-order chi connectivity index (χ0) is 14.5. The standard InChI is InChI=1S/C15H19N3O2/c1-20-14-6-7-18(13(8-14)10-17)15(19)12-4-2-11(9-16)3-5-12/h2-5,13-14H,6-8,10,17H2,1H3. The summed E-state index contributed by atoms with van der Waals surface area (Å²) in [5, 5.41) is 8.78. The molecular formula is C15H19N3O2. The maximum absolute atomic E-state index is 12.5. The average Bonchev–Trinajstić information content (AvgIpc) is 2.53. The topological polar surface area (TPSA) is 79.3 Å². The van der Waals surface area contributed by atoms with Crippen LogP contribution in [0, 0.1) is 11.3 Å². The van der Waals surface area contributed by atoms with E-state index in [9.17, 15) is 4.79 Å². The van der Waals surface area contributed by atoms with Gasteiger partial charge in [0.2, 0.25) is 0 Å². The van der Waals surface area contributed by atoms with Crippen LogP contribution in [-0.4, -0.2) is 43.2 Å².